The predicted octanol–water partition coefficient (Wildman–Crippen LogP) is 3.17. The number of unbranched alkanes of at least 4 members (excludes halogenated alkanes) is 1. The van der Waals surface area contributed by atoms with Gasteiger partial charge in [-0.1, -0.05) is 19.4 Å². The Kier molecular flexibility index (Phi) is 9.10. The van der Waals surface area contributed by atoms with E-state index in [1.807, 2.05) is 6.92 Å². The zero-order valence-electron chi connectivity index (χ0n) is 19.8. The van der Waals surface area contributed by atoms with Crippen LogP contribution in [0.4, 0.5) is 5.69 Å². The minimum absolute atomic E-state index is 0.0957. The Morgan fingerprint density at radius 1 is 1.11 bits per heavy atom. The molecule has 0 unspecified atom stereocenters. The number of nitrogens with one attached hydrogen (secondary N) is 1. The van der Waals surface area contributed by atoms with Gasteiger partial charge in [-0.25, -0.2) is 14.6 Å². The number of hydrogen-bond acceptors (Lipinski definition) is 9. The van der Waals surface area contributed by atoms with Crippen molar-refractivity contribution < 1.29 is 28.6 Å². The van der Waals surface area contributed by atoms with Crippen LogP contribution < -0.4 is 10.9 Å². The van der Waals surface area contributed by atoms with Gasteiger partial charge in [0.1, 0.15) is 22.9 Å². The normalized spacial score (nSPS) is 10.8. The van der Waals surface area contributed by atoms with Crippen LogP contribution in [-0.4, -0.2) is 54.3 Å². The maximum absolute atomic E-state index is 13.0. The summed E-state index contributed by atoms with van der Waals surface area (Å²) in [5.74, 6) is -1.50. The molecule has 3 rings (SSSR count). The molecule has 0 saturated carbocycles. The van der Waals surface area contributed by atoms with Crippen molar-refractivity contribution in [1.29, 1.82) is 0 Å². The fourth-order valence-corrected chi connectivity index (χ4v) is 4.25. The number of methoxy groups -OCH3 is 1. The van der Waals surface area contributed by atoms with Gasteiger partial charge in [0.05, 0.1) is 30.5 Å². The number of benzene rings is 1. The Hall–Kier alpha value is -3.57. The highest BCUT2D eigenvalue weighted by atomic mass is 32.1. The average Bonchev–Trinajstić information content (AvgIpc) is 3.18. The molecule has 1 N–H and O–H groups in total. The van der Waals surface area contributed by atoms with Crippen molar-refractivity contribution in [3.8, 4) is 0 Å². The van der Waals surface area contributed by atoms with Gasteiger partial charge in [0, 0.05) is 12.8 Å². The summed E-state index contributed by atoms with van der Waals surface area (Å²) in [4.78, 5) is 55.0. The summed E-state index contributed by atoms with van der Waals surface area (Å²) in [5.41, 5.74) is 0.727. The molecule has 0 saturated heterocycles. The summed E-state index contributed by atoms with van der Waals surface area (Å²) in [6, 6.07) is 6.38. The van der Waals surface area contributed by atoms with E-state index >= 15 is 0 Å². The lowest BCUT2D eigenvalue weighted by Crippen LogP contribution is -2.28. The second kappa shape index (κ2) is 12.2. The highest BCUT2D eigenvalue weighted by Crippen LogP contribution is 2.27. The number of nitrogens with zero attached hydrogens (tertiary/aromatic N) is 2. The Balaban J connectivity index is 1.72. The first kappa shape index (κ1) is 26.0. The molecule has 10 nitrogen and oxygen atoms in total. The molecule has 0 bridgehead atoms. The summed E-state index contributed by atoms with van der Waals surface area (Å²) >= 11 is 1.06. The molecule has 3 aromatic rings. The fraction of sp³-hybridized carbons (Fsp3) is 0.375. The molecular weight excluding hydrogens is 474 g/mol. The number of ether oxygens (including phenoxy) is 3. The third kappa shape index (κ3) is 6.52. The molecule has 2 heterocycles. The van der Waals surface area contributed by atoms with Crippen LogP contribution >= 0.6 is 11.3 Å². The molecule has 0 aliphatic rings. The lowest BCUT2D eigenvalue weighted by molar-refractivity contribution is -0.116. The number of carbonyl (C=O) groups is 3. The number of esters is 2. The van der Waals surface area contributed by atoms with Crippen LogP contribution in [0.15, 0.2) is 35.4 Å². The molecule has 1 amide bonds. The Labute approximate surface area is 205 Å². The van der Waals surface area contributed by atoms with Crippen molar-refractivity contribution in [1.82, 2.24) is 9.55 Å². The minimum Gasteiger partial charge on any atom is -0.462 e. The van der Waals surface area contributed by atoms with E-state index in [9.17, 15) is 19.2 Å². The molecule has 0 radical (unpaired) electrons. The van der Waals surface area contributed by atoms with Crippen molar-refractivity contribution in [2.24, 2.45) is 0 Å². The predicted molar refractivity (Wildman–Crippen MR) is 131 cm³/mol. The number of anilines is 1. The van der Waals surface area contributed by atoms with Gasteiger partial charge in [0.25, 0.3) is 5.56 Å². The van der Waals surface area contributed by atoms with E-state index < -0.39 is 23.4 Å². The molecule has 0 aliphatic heterocycles. The van der Waals surface area contributed by atoms with Crippen molar-refractivity contribution in [3.05, 3.63) is 57.0 Å². The van der Waals surface area contributed by atoms with Crippen LogP contribution in [-0.2, 0) is 25.5 Å². The monoisotopic (exact) mass is 501 g/mol. The number of hydrogen-bond donors (Lipinski definition) is 1. The summed E-state index contributed by atoms with van der Waals surface area (Å²) in [5, 5.41) is 2.94. The number of rotatable bonds is 11. The molecule has 0 aliphatic carbocycles. The minimum atomic E-state index is -0.556. The lowest BCUT2D eigenvalue weighted by atomic mass is 10.2. The van der Waals surface area contributed by atoms with E-state index in [2.05, 4.69) is 10.3 Å². The fourth-order valence-electron chi connectivity index (χ4n) is 3.22. The summed E-state index contributed by atoms with van der Waals surface area (Å²) in [6.45, 7) is 4.04. The van der Waals surface area contributed by atoms with Gasteiger partial charge in [-0.15, -0.1) is 11.3 Å². The van der Waals surface area contributed by atoms with E-state index in [0.717, 1.165) is 24.2 Å². The van der Waals surface area contributed by atoms with Gasteiger partial charge in [-0.05, 0) is 37.1 Å². The van der Waals surface area contributed by atoms with Crippen LogP contribution in [0, 0.1) is 6.92 Å². The molecule has 186 valence electrons. The maximum Gasteiger partial charge on any atom is 0.348 e. The van der Waals surface area contributed by atoms with E-state index in [4.69, 9.17) is 14.2 Å². The third-order valence-corrected chi connectivity index (χ3v) is 6.23. The number of thiophene rings is 1. The largest absolute Gasteiger partial charge is 0.462 e. The topological polar surface area (TPSA) is 126 Å². The van der Waals surface area contributed by atoms with Crippen molar-refractivity contribution in [2.45, 2.75) is 33.2 Å². The Morgan fingerprint density at radius 3 is 2.63 bits per heavy atom. The highest BCUT2D eigenvalue weighted by Gasteiger charge is 2.21. The molecule has 2 aromatic heterocycles. The first-order valence-corrected chi connectivity index (χ1v) is 11.9. The molecule has 0 atom stereocenters. The Bertz CT molecular complexity index is 1280. The summed E-state index contributed by atoms with van der Waals surface area (Å²) < 4.78 is 16.4. The van der Waals surface area contributed by atoms with Crippen LogP contribution in [0.3, 0.4) is 0 Å². The molecule has 0 spiro atoms. The standard InChI is InChI=1S/C24H27N3O7S/c1-4-5-9-33-23(30)16-7-6-8-17(12-16)26-18(28)13-27-14-25-21-19(22(27)29)15(2)20(35-21)24(31)34-11-10-32-3/h6-8,12,14H,4-5,9-11,13H2,1-3H3,(H,26,28). The molecular formula is C24H27N3O7S. The number of carbonyl (C=O) groups excluding carboxylic acids is 3. The van der Waals surface area contributed by atoms with Gasteiger partial charge in [-0.2, -0.15) is 0 Å². The number of amides is 1. The second-order valence-corrected chi connectivity index (χ2v) is 8.66. The second-order valence-electron chi connectivity index (χ2n) is 7.66. The van der Waals surface area contributed by atoms with Crippen LogP contribution in [0.1, 0.15) is 45.4 Å². The zero-order valence-corrected chi connectivity index (χ0v) is 20.6. The van der Waals surface area contributed by atoms with Crippen molar-refractivity contribution >= 4 is 45.1 Å². The number of aromatic nitrogens is 2. The number of aryl methyl sites for hydroxylation is 1. The molecule has 11 heteroatoms. The highest BCUT2D eigenvalue weighted by molar-refractivity contribution is 7.20. The van der Waals surface area contributed by atoms with Crippen molar-refractivity contribution in [2.75, 3.05) is 32.2 Å². The summed E-state index contributed by atoms with van der Waals surface area (Å²) in [6.07, 6.45) is 2.95. The van der Waals surface area contributed by atoms with Gasteiger partial charge >= 0.3 is 11.9 Å². The first-order valence-electron chi connectivity index (χ1n) is 11.1. The molecule has 0 fully saturated rings. The Morgan fingerprint density at radius 2 is 1.89 bits per heavy atom. The SMILES string of the molecule is CCCCOC(=O)c1cccc(NC(=O)Cn2cnc3sc(C(=O)OCCOC)c(C)c3c2=O)c1. The average molecular weight is 502 g/mol. The van der Waals surface area contributed by atoms with Gasteiger partial charge < -0.3 is 19.5 Å². The third-order valence-electron chi connectivity index (χ3n) is 5.05. The van der Waals surface area contributed by atoms with E-state index in [-0.39, 0.29) is 30.0 Å². The lowest BCUT2D eigenvalue weighted by Gasteiger charge is -2.09. The van der Waals surface area contributed by atoms with E-state index in [0.29, 0.717) is 28.3 Å². The van der Waals surface area contributed by atoms with E-state index in [1.165, 1.54) is 24.1 Å². The quantitative estimate of drug-likeness (QED) is 0.314. The van der Waals surface area contributed by atoms with Crippen LogP contribution in [0.2, 0.25) is 0 Å². The first-order chi connectivity index (χ1) is 16.8. The van der Waals surface area contributed by atoms with Crippen LogP contribution in [0.25, 0.3) is 10.2 Å². The van der Waals surface area contributed by atoms with Gasteiger partial charge in [0.15, 0.2) is 0 Å². The summed E-state index contributed by atoms with van der Waals surface area (Å²) in [7, 11) is 1.50. The van der Waals surface area contributed by atoms with E-state index in [1.54, 1.807) is 25.1 Å². The van der Waals surface area contributed by atoms with Crippen molar-refractivity contribution in [3.63, 3.8) is 0 Å². The molecule has 35 heavy (non-hydrogen) atoms. The number of fused-ring (bicyclic) bond motifs is 1. The van der Waals surface area contributed by atoms with Crippen LogP contribution in [0.5, 0.6) is 0 Å². The molecule has 1 aromatic carbocycles. The van der Waals surface area contributed by atoms with Gasteiger partial charge in [0.2, 0.25) is 5.91 Å². The van der Waals surface area contributed by atoms with Gasteiger partial charge in [-0.3, -0.25) is 14.2 Å². The maximum atomic E-state index is 13.0. The smallest absolute Gasteiger partial charge is 0.348 e. The zero-order chi connectivity index (χ0) is 25.4.